The lowest BCUT2D eigenvalue weighted by atomic mass is 10.0. The van der Waals surface area contributed by atoms with Crippen LogP contribution >= 0.6 is 0 Å². The molecule has 0 aliphatic carbocycles. The van der Waals surface area contributed by atoms with Gasteiger partial charge in [-0.15, -0.1) is 0 Å². The lowest BCUT2D eigenvalue weighted by Gasteiger charge is -2.07. The van der Waals surface area contributed by atoms with Gasteiger partial charge >= 0.3 is 0 Å². The van der Waals surface area contributed by atoms with Crippen molar-refractivity contribution in [1.82, 2.24) is 9.38 Å². The van der Waals surface area contributed by atoms with Crippen LogP contribution in [0.25, 0.3) is 27.8 Å². The van der Waals surface area contributed by atoms with Gasteiger partial charge in [-0.2, -0.15) is 0 Å². The van der Waals surface area contributed by atoms with Crippen molar-refractivity contribution in [2.45, 2.75) is 6.92 Å². The number of aryl methyl sites for hydroxylation is 2. The van der Waals surface area contributed by atoms with E-state index in [-0.39, 0.29) is 0 Å². The molecule has 4 rings (SSSR count). The van der Waals surface area contributed by atoms with Crippen LogP contribution in [-0.2, 0) is 7.05 Å². The Labute approximate surface area is 123 Å². The Morgan fingerprint density at radius 2 is 2.00 bits per heavy atom. The first kappa shape index (κ1) is 12.1. The fourth-order valence-corrected chi connectivity index (χ4v) is 2.86. The zero-order valence-electron chi connectivity index (χ0n) is 12.1. The van der Waals surface area contributed by atoms with E-state index in [1.54, 1.807) is 0 Å². The van der Waals surface area contributed by atoms with E-state index in [9.17, 15) is 0 Å². The summed E-state index contributed by atoms with van der Waals surface area (Å²) in [6, 6.07) is 14.7. The molecule has 0 bridgehead atoms. The maximum absolute atomic E-state index is 4.75. The fourth-order valence-electron chi connectivity index (χ4n) is 2.86. The van der Waals surface area contributed by atoms with Crippen LogP contribution in [0, 0.1) is 6.92 Å². The monoisotopic (exact) mass is 274 g/mol. The van der Waals surface area contributed by atoms with Crippen LogP contribution in [-0.4, -0.2) is 9.38 Å². The van der Waals surface area contributed by atoms with Crippen molar-refractivity contribution < 1.29 is 4.57 Å². The smallest absolute Gasteiger partial charge is 0.212 e. The van der Waals surface area contributed by atoms with Crippen molar-refractivity contribution in [3.05, 3.63) is 66.6 Å². The second-order valence-corrected chi connectivity index (χ2v) is 5.44. The Hall–Kier alpha value is -2.68. The summed E-state index contributed by atoms with van der Waals surface area (Å²) in [6.07, 6.45) is 6.24. The van der Waals surface area contributed by atoms with Crippen molar-refractivity contribution in [2.24, 2.45) is 7.05 Å². The summed E-state index contributed by atoms with van der Waals surface area (Å²) in [5, 5.41) is 1.17. The molecular formula is C18H16N3+. The van der Waals surface area contributed by atoms with Crippen LogP contribution in [0.15, 0.2) is 61.1 Å². The molecule has 0 saturated heterocycles. The average Bonchev–Trinajstić information content (AvgIpc) is 2.92. The number of pyridine rings is 1. The molecule has 0 fully saturated rings. The van der Waals surface area contributed by atoms with E-state index in [1.165, 1.54) is 22.2 Å². The van der Waals surface area contributed by atoms with E-state index in [2.05, 4.69) is 59.6 Å². The number of fused-ring (bicyclic) bond motifs is 2. The SMILES string of the molecule is Cc1cc2cn3cccc3nc2cc1-c1cccc[n+]1C. The number of hydrogen-bond acceptors (Lipinski definition) is 1. The van der Waals surface area contributed by atoms with Crippen LogP contribution in [0.1, 0.15) is 5.56 Å². The topological polar surface area (TPSA) is 21.2 Å². The van der Waals surface area contributed by atoms with E-state index < -0.39 is 0 Å². The van der Waals surface area contributed by atoms with E-state index in [0.717, 1.165) is 11.2 Å². The first-order chi connectivity index (χ1) is 10.2. The normalized spacial score (nSPS) is 11.3. The van der Waals surface area contributed by atoms with Gasteiger partial charge in [0.15, 0.2) is 6.20 Å². The predicted octanol–water partition coefficient (Wildman–Crippen LogP) is 3.29. The number of aromatic nitrogens is 3. The lowest BCUT2D eigenvalue weighted by molar-refractivity contribution is -0.660. The number of hydrogen-bond donors (Lipinski definition) is 0. The molecule has 3 aromatic heterocycles. The maximum atomic E-state index is 4.75. The fraction of sp³-hybridized carbons (Fsp3) is 0.111. The molecule has 0 aliphatic heterocycles. The largest absolute Gasteiger partial charge is 0.308 e. The first-order valence-corrected chi connectivity index (χ1v) is 7.05. The van der Waals surface area contributed by atoms with Crippen LogP contribution in [0.3, 0.4) is 0 Å². The summed E-state index contributed by atoms with van der Waals surface area (Å²) in [5.41, 5.74) is 5.71. The summed E-state index contributed by atoms with van der Waals surface area (Å²) in [6.45, 7) is 2.15. The van der Waals surface area contributed by atoms with Gasteiger partial charge in [0.2, 0.25) is 5.69 Å². The Kier molecular flexibility index (Phi) is 2.54. The molecule has 0 aliphatic rings. The van der Waals surface area contributed by atoms with Crippen molar-refractivity contribution >= 4 is 16.6 Å². The van der Waals surface area contributed by atoms with E-state index in [4.69, 9.17) is 4.98 Å². The van der Waals surface area contributed by atoms with E-state index in [1.807, 2.05) is 24.4 Å². The van der Waals surface area contributed by atoms with Crippen LogP contribution in [0.2, 0.25) is 0 Å². The van der Waals surface area contributed by atoms with Gasteiger partial charge in [-0.1, -0.05) is 0 Å². The number of rotatable bonds is 1. The van der Waals surface area contributed by atoms with E-state index >= 15 is 0 Å². The van der Waals surface area contributed by atoms with Crippen LogP contribution in [0.5, 0.6) is 0 Å². The molecule has 102 valence electrons. The summed E-state index contributed by atoms with van der Waals surface area (Å²) >= 11 is 0. The van der Waals surface area contributed by atoms with Gasteiger partial charge < -0.3 is 4.40 Å². The highest BCUT2D eigenvalue weighted by atomic mass is 15.0. The number of nitrogens with zero attached hydrogens (tertiary/aromatic N) is 3. The second-order valence-electron chi connectivity index (χ2n) is 5.44. The Morgan fingerprint density at radius 1 is 1.10 bits per heavy atom. The van der Waals surface area contributed by atoms with Crippen molar-refractivity contribution in [3.8, 4) is 11.3 Å². The minimum absolute atomic E-state index is 0.981. The van der Waals surface area contributed by atoms with Crippen LogP contribution < -0.4 is 4.57 Å². The van der Waals surface area contributed by atoms with Gasteiger partial charge in [-0.25, -0.2) is 9.55 Å². The Bertz CT molecular complexity index is 967. The molecule has 0 spiro atoms. The molecule has 0 atom stereocenters. The number of benzene rings is 1. The van der Waals surface area contributed by atoms with Gasteiger partial charge in [0.1, 0.15) is 12.7 Å². The lowest BCUT2D eigenvalue weighted by Crippen LogP contribution is -2.30. The summed E-state index contributed by atoms with van der Waals surface area (Å²) < 4.78 is 4.20. The van der Waals surface area contributed by atoms with Crippen molar-refractivity contribution in [3.63, 3.8) is 0 Å². The standard InChI is InChI=1S/C18H16N3/c1-13-10-14-12-21-9-5-7-18(21)19-16(14)11-15(13)17-6-3-4-8-20(17)2/h3-12H,1-2H3/q+1. The third kappa shape index (κ3) is 1.89. The quantitative estimate of drug-likeness (QED) is 0.488. The molecule has 0 saturated carbocycles. The van der Waals surface area contributed by atoms with Gasteiger partial charge in [0, 0.05) is 29.9 Å². The van der Waals surface area contributed by atoms with Crippen molar-refractivity contribution in [1.29, 1.82) is 0 Å². The summed E-state index contributed by atoms with van der Waals surface area (Å²) in [4.78, 5) is 4.75. The summed E-state index contributed by atoms with van der Waals surface area (Å²) in [5.74, 6) is 0. The van der Waals surface area contributed by atoms with Gasteiger partial charge in [-0.05, 0) is 42.8 Å². The second kappa shape index (κ2) is 4.42. The molecular weight excluding hydrogens is 258 g/mol. The zero-order valence-corrected chi connectivity index (χ0v) is 12.1. The maximum Gasteiger partial charge on any atom is 0.212 e. The predicted molar refractivity (Wildman–Crippen MR) is 84.0 cm³/mol. The minimum Gasteiger partial charge on any atom is -0.308 e. The molecule has 4 aromatic rings. The molecule has 1 aromatic carbocycles. The Morgan fingerprint density at radius 3 is 2.86 bits per heavy atom. The highest BCUT2D eigenvalue weighted by molar-refractivity contribution is 5.86. The van der Waals surface area contributed by atoms with Crippen molar-refractivity contribution in [2.75, 3.05) is 0 Å². The van der Waals surface area contributed by atoms with Gasteiger partial charge in [-0.3, -0.25) is 0 Å². The third-order valence-electron chi connectivity index (χ3n) is 3.97. The Balaban J connectivity index is 2.04. The van der Waals surface area contributed by atoms with E-state index in [0.29, 0.717) is 0 Å². The molecule has 3 heterocycles. The molecule has 21 heavy (non-hydrogen) atoms. The highest BCUT2D eigenvalue weighted by Gasteiger charge is 2.13. The molecule has 3 nitrogen and oxygen atoms in total. The molecule has 0 unspecified atom stereocenters. The highest BCUT2D eigenvalue weighted by Crippen LogP contribution is 2.25. The average molecular weight is 274 g/mol. The third-order valence-corrected chi connectivity index (χ3v) is 3.97. The van der Waals surface area contributed by atoms with Crippen LogP contribution in [0.4, 0.5) is 0 Å². The summed E-state index contributed by atoms with van der Waals surface area (Å²) in [7, 11) is 2.07. The molecule has 0 radical (unpaired) electrons. The van der Waals surface area contributed by atoms with Gasteiger partial charge in [0.25, 0.3) is 0 Å². The molecule has 0 N–H and O–H groups in total. The molecule has 0 amide bonds. The molecule has 3 heteroatoms. The minimum atomic E-state index is 0.981. The van der Waals surface area contributed by atoms with Gasteiger partial charge in [0.05, 0.1) is 11.1 Å². The first-order valence-electron chi connectivity index (χ1n) is 7.05. The zero-order chi connectivity index (χ0) is 14.4.